The van der Waals surface area contributed by atoms with E-state index in [4.69, 9.17) is 15.7 Å². The average Bonchev–Trinajstić information content (AvgIpc) is 2.34. The third kappa shape index (κ3) is 9.41. The normalized spacial score (nSPS) is 12.4. The minimum absolute atomic E-state index is 0.115. The van der Waals surface area contributed by atoms with Crippen molar-refractivity contribution in [2.24, 2.45) is 11.7 Å². The number of nitrogens with two attached hydrogens (primary N) is 1. The highest BCUT2D eigenvalue weighted by atomic mass is 79.9. The molecule has 0 aromatic carbocycles. The molecule has 0 rings (SSSR count). The zero-order chi connectivity index (χ0) is 12.9. The lowest BCUT2D eigenvalue weighted by Gasteiger charge is -2.13. The molecule has 0 aromatic rings. The van der Waals surface area contributed by atoms with Crippen molar-refractivity contribution in [3.8, 4) is 0 Å². The molecule has 1 atom stereocenters. The van der Waals surface area contributed by atoms with Gasteiger partial charge in [-0.15, -0.1) is 0 Å². The number of hydrogen-bond donors (Lipinski definition) is 5. The Morgan fingerprint density at radius 1 is 1.41 bits per heavy atom. The number of amides is 1. The van der Waals surface area contributed by atoms with E-state index in [1.807, 2.05) is 0 Å². The highest BCUT2D eigenvalue weighted by Crippen LogP contribution is 1.92. The summed E-state index contributed by atoms with van der Waals surface area (Å²) in [4.78, 5) is 15.9. The molecule has 8 nitrogen and oxygen atoms in total. The molecule has 0 bridgehead atoms. The van der Waals surface area contributed by atoms with Gasteiger partial charge in [-0.3, -0.25) is 19.2 Å². The van der Waals surface area contributed by atoms with Crippen LogP contribution in [0.5, 0.6) is 0 Å². The fraction of sp³-hybridized carbons (Fsp3) is 0.875. The van der Waals surface area contributed by atoms with E-state index < -0.39 is 0 Å². The topological polar surface area (TPSA) is 118 Å². The molecule has 1 unspecified atom stereocenters. The molecular weight excluding hydrogens is 296 g/mol. The molecule has 0 fully saturated rings. The first-order valence-corrected chi connectivity index (χ1v) is 5.95. The van der Waals surface area contributed by atoms with Crippen LogP contribution in [0.4, 0.5) is 0 Å². The molecular formula is C8H19BrN4O4. The average molecular weight is 315 g/mol. The molecule has 9 heteroatoms. The standard InChI is InChI=1S/C8H19BrN4O4/c9-12-6-7(5-10)8(14)11-1-2-16-3-4-17-13-15/h7,12-13,15H,1-6,10H2,(H,11,14). The monoisotopic (exact) mass is 314 g/mol. The van der Waals surface area contributed by atoms with Crippen LogP contribution in [0.3, 0.4) is 0 Å². The lowest BCUT2D eigenvalue weighted by Crippen LogP contribution is -2.40. The van der Waals surface area contributed by atoms with Gasteiger partial charge < -0.3 is 15.8 Å². The molecule has 0 spiro atoms. The molecule has 102 valence electrons. The molecule has 1 amide bonds. The summed E-state index contributed by atoms with van der Waals surface area (Å²) in [5, 5.41) is 10.8. The fourth-order valence-corrected chi connectivity index (χ4v) is 1.41. The maximum absolute atomic E-state index is 11.5. The van der Waals surface area contributed by atoms with E-state index in [0.717, 1.165) is 0 Å². The molecule has 0 saturated heterocycles. The smallest absolute Gasteiger partial charge is 0.225 e. The van der Waals surface area contributed by atoms with Gasteiger partial charge in [-0.2, -0.15) is 0 Å². The van der Waals surface area contributed by atoms with Crippen molar-refractivity contribution < 1.29 is 19.6 Å². The Hall–Kier alpha value is -0.290. The Morgan fingerprint density at radius 3 is 2.76 bits per heavy atom. The second-order valence-corrected chi connectivity index (χ2v) is 3.67. The number of nitrogens with one attached hydrogen (secondary N) is 3. The summed E-state index contributed by atoms with van der Waals surface area (Å²) >= 11 is 3.03. The van der Waals surface area contributed by atoms with Crippen molar-refractivity contribution in [1.29, 1.82) is 0 Å². The highest BCUT2D eigenvalue weighted by Gasteiger charge is 2.14. The van der Waals surface area contributed by atoms with Crippen molar-refractivity contribution in [1.82, 2.24) is 15.3 Å². The van der Waals surface area contributed by atoms with Crippen LogP contribution in [0, 0.1) is 5.92 Å². The Morgan fingerprint density at radius 2 is 2.18 bits per heavy atom. The highest BCUT2D eigenvalue weighted by molar-refractivity contribution is 9.08. The maximum Gasteiger partial charge on any atom is 0.225 e. The third-order valence-corrected chi connectivity index (χ3v) is 2.24. The summed E-state index contributed by atoms with van der Waals surface area (Å²) in [7, 11) is 0. The summed E-state index contributed by atoms with van der Waals surface area (Å²) in [5.74, 6) is -0.382. The molecule has 6 N–H and O–H groups in total. The van der Waals surface area contributed by atoms with Gasteiger partial charge >= 0.3 is 0 Å². The molecule has 0 saturated carbocycles. The van der Waals surface area contributed by atoms with E-state index >= 15 is 0 Å². The van der Waals surface area contributed by atoms with Crippen LogP contribution >= 0.6 is 16.1 Å². The van der Waals surface area contributed by atoms with Crippen LogP contribution in [0.1, 0.15) is 0 Å². The van der Waals surface area contributed by atoms with Gasteiger partial charge in [0.25, 0.3) is 0 Å². The first-order valence-electron chi connectivity index (χ1n) is 5.16. The molecule has 17 heavy (non-hydrogen) atoms. The van der Waals surface area contributed by atoms with Crippen LogP contribution in [0.15, 0.2) is 0 Å². The molecule has 0 heterocycles. The predicted octanol–water partition coefficient (Wildman–Crippen LogP) is -1.50. The minimum Gasteiger partial charge on any atom is -0.377 e. The van der Waals surface area contributed by atoms with Gasteiger partial charge in [-0.05, 0) is 0 Å². The van der Waals surface area contributed by atoms with Crippen molar-refractivity contribution in [2.75, 3.05) is 39.5 Å². The van der Waals surface area contributed by atoms with Crippen LogP contribution in [0.2, 0.25) is 0 Å². The third-order valence-electron chi connectivity index (χ3n) is 1.92. The summed E-state index contributed by atoms with van der Waals surface area (Å²) < 4.78 is 7.83. The maximum atomic E-state index is 11.5. The SMILES string of the molecule is NCC(CNBr)C(=O)NCCOCCONO. The van der Waals surface area contributed by atoms with Gasteiger partial charge in [0.15, 0.2) is 0 Å². The lowest BCUT2D eigenvalue weighted by atomic mass is 10.1. The number of ether oxygens (including phenoxy) is 1. The van der Waals surface area contributed by atoms with Gasteiger partial charge in [-0.1, -0.05) is 5.64 Å². The zero-order valence-electron chi connectivity index (χ0n) is 9.45. The van der Waals surface area contributed by atoms with E-state index in [0.29, 0.717) is 26.3 Å². The number of carbonyl (C=O) groups excluding carboxylic acids is 1. The molecule has 0 aliphatic rings. The lowest BCUT2D eigenvalue weighted by molar-refractivity contribution is -0.138. The van der Waals surface area contributed by atoms with Crippen LogP contribution in [0.25, 0.3) is 0 Å². The van der Waals surface area contributed by atoms with E-state index in [1.165, 1.54) is 5.64 Å². The Kier molecular flexibility index (Phi) is 12.0. The molecule has 0 aromatic heterocycles. The van der Waals surface area contributed by atoms with Gasteiger partial charge in [0.2, 0.25) is 5.91 Å². The second kappa shape index (κ2) is 12.2. The number of hydrogen-bond acceptors (Lipinski definition) is 7. The molecule has 0 aliphatic carbocycles. The van der Waals surface area contributed by atoms with Crippen LogP contribution in [-0.4, -0.2) is 50.6 Å². The van der Waals surface area contributed by atoms with Gasteiger partial charge in [0.05, 0.1) is 25.7 Å². The quantitative estimate of drug-likeness (QED) is 0.179. The first kappa shape index (κ1) is 16.7. The fourth-order valence-electron chi connectivity index (χ4n) is 1.02. The molecule has 0 radical (unpaired) electrons. The van der Waals surface area contributed by atoms with Crippen molar-refractivity contribution in [2.45, 2.75) is 0 Å². The Bertz CT molecular complexity index is 198. The summed E-state index contributed by atoms with van der Waals surface area (Å²) in [6.07, 6.45) is 0. The van der Waals surface area contributed by atoms with E-state index in [-0.39, 0.29) is 25.0 Å². The largest absolute Gasteiger partial charge is 0.377 e. The van der Waals surface area contributed by atoms with Crippen LogP contribution < -0.4 is 21.0 Å². The van der Waals surface area contributed by atoms with Crippen molar-refractivity contribution in [3.63, 3.8) is 0 Å². The summed E-state index contributed by atoms with van der Waals surface area (Å²) in [5.41, 5.74) is 6.98. The number of halogens is 1. The van der Waals surface area contributed by atoms with Crippen molar-refractivity contribution in [3.05, 3.63) is 0 Å². The number of rotatable bonds is 11. The predicted molar refractivity (Wildman–Crippen MR) is 64.2 cm³/mol. The van der Waals surface area contributed by atoms with Gasteiger partial charge in [-0.25, -0.2) is 0 Å². The molecule has 0 aliphatic heterocycles. The first-order chi connectivity index (χ1) is 8.26. The van der Waals surface area contributed by atoms with Crippen molar-refractivity contribution >= 4 is 22.1 Å². The van der Waals surface area contributed by atoms with Gasteiger partial charge in [0.1, 0.15) is 0 Å². The van der Waals surface area contributed by atoms with Gasteiger partial charge in [0, 0.05) is 35.8 Å². The van der Waals surface area contributed by atoms with E-state index in [1.54, 1.807) is 0 Å². The minimum atomic E-state index is -0.267. The van der Waals surface area contributed by atoms with Crippen LogP contribution in [-0.2, 0) is 14.4 Å². The summed E-state index contributed by atoms with van der Waals surface area (Å²) in [6.45, 7) is 2.08. The zero-order valence-corrected chi connectivity index (χ0v) is 11.0. The Labute approximate surface area is 108 Å². The number of carbonyl (C=O) groups is 1. The Balaban J connectivity index is 3.43. The second-order valence-electron chi connectivity index (χ2n) is 3.11. The summed E-state index contributed by atoms with van der Waals surface area (Å²) in [6, 6.07) is 0. The van der Waals surface area contributed by atoms with E-state index in [2.05, 4.69) is 30.6 Å². The van der Waals surface area contributed by atoms with E-state index in [9.17, 15) is 4.79 Å².